The van der Waals surface area contributed by atoms with E-state index in [1.165, 1.54) is 14.2 Å². The minimum absolute atomic E-state index is 0.141. The van der Waals surface area contributed by atoms with Crippen LogP contribution in [0.15, 0.2) is 42.1 Å². The van der Waals surface area contributed by atoms with E-state index in [-0.39, 0.29) is 18.8 Å². The van der Waals surface area contributed by atoms with Crippen molar-refractivity contribution in [2.24, 2.45) is 0 Å². The summed E-state index contributed by atoms with van der Waals surface area (Å²) in [7, 11) is 4.71. The second kappa shape index (κ2) is 8.59. The van der Waals surface area contributed by atoms with Gasteiger partial charge >= 0.3 is 0 Å². The number of carbonyl (C=O) groups is 2. The Balaban J connectivity index is 2.16. The minimum Gasteiger partial charge on any atom is -0.493 e. The summed E-state index contributed by atoms with van der Waals surface area (Å²) in [5, 5.41) is 9.40. The number of anilines is 1. The molecule has 30 heavy (non-hydrogen) atoms. The van der Waals surface area contributed by atoms with Crippen LogP contribution in [0.3, 0.4) is 0 Å². The molecule has 158 valence electrons. The Morgan fingerprint density at radius 3 is 2.27 bits per heavy atom. The number of benzene rings is 2. The number of ether oxygens (including phenoxy) is 2. The highest BCUT2D eigenvalue weighted by Crippen LogP contribution is 2.38. The molecule has 0 aromatic heterocycles. The summed E-state index contributed by atoms with van der Waals surface area (Å²) in [5.74, 6) is 0.0541. The molecule has 1 aliphatic heterocycles. The van der Waals surface area contributed by atoms with Gasteiger partial charge in [-0.2, -0.15) is 0 Å². The van der Waals surface area contributed by atoms with Gasteiger partial charge in [0.1, 0.15) is 5.70 Å². The average molecular weight is 410 g/mol. The van der Waals surface area contributed by atoms with Gasteiger partial charge in [-0.1, -0.05) is 23.8 Å². The molecular weight excluding hydrogens is 384 g/mol. The molecule has 1 heterocycles. The van der Waals surface area contributed by atoms with Crippen molar-refractivity contribution in [2.75, 3.05) is 39.3 Å². The molecule has 2 aromatic rings. The van der Waals surface area contributed by atoms with Crippen molar-refractivity contribution in [1.82, 2.24) is 4.90 Å². The molecule has 0 radical (unpaired) electrons. The zero-order chi connectivity index (χ0) is 22.0. The fraction of sp³-hybridized carbons (Fsp3) is 0.304. The van der Waals surface area contributed by atoms with Crippen LogP contribution in [0.2, 0.25) is 0 Å². The third kappa shape index (κ3) is 3.64. The largest absolute Gasteiger partial charge is 0.493 e. The van der Waals surface area contributed by atoms with Crippen molar-refractivity contribution < 1.29 is 24.2 Å². The Bertz CT molecular complexity index is 1030. The Morgan fingerprint density at radius 2 is 1.67 bits per heavy atom. The summed E-state index contributed by atoms with van der Waals surface area (Å²) in [6.45, 7) is 3.97. The lowest BCUT2D eigenvalue weighted by Crippen LogP contribution is -2.34. The number of carbonyl (C=O) groups excluding carboxylic acids is 2. The van der Waals surface area contributed by atoms with Gasteiger partial charge in [0, 0.05) is 19.7 Å². The van der Waals surface area contributed by atoms with Gasteiger partial charge in [0.25, 0.3) is 11.8 Å². The fourth-order valence-corrected chi connectivity index (χ4v) is 3.67. The maximum absolute atomic E-state index is 13.5. The Hall–Kier alpha value is -3.32. The third-order valence-electron chi connectivity index (χ3n) is 5.15. The number of likely N-dealkylation sites (N-methyl/N-ethyl adjacent to an activating group) is 1. The van der Waals surface area contributed by atoms with Gasteiger partial charge in [-0.15, -0.1) is 0 Å². The summed E-state index contributed by atoms with van der Waals surface area (Å²) >= 11 is 0. The Labute approximate surface area is 176 Å². The Morgan fingerprint density at radius 1 is 0.967 bits per heavy atom. The van der Waals surface area contributed by atoms with E-state index in [0.717, 1.165) is 16.0 Å². The fourth-order valence-electron chi connectivity index (χ4n) is 3.67. The van der Waals surface area contributed by atoms with Gasteiger partial charge in [0.2, 0.25) is 0 Å². The monoisotopic (exact) mass is 410 g/mol. The van der Waals surface area contributed by atoms with Gasteiger partial charge in [0.05, 0.1) is 32.1 Å². The number of methoxy groups -OCH3 is 2. The molecule has 0 bridgehead atoms. The number of aliphatic hydroxyl groups is 1. The van der Waals surface area contributed by atoms with Crippen LogP contribution in [0.5, 0.6) is 11.5 Å². The quantitative estimate of drug-likeness (QED) is 0.707. The molecule has 1 N–H and O–H groups in total. The molecule has 7 nitrogen and oxygen atoms in total. The predicted octanol–water partition coefficient (Wildman–Crippen LogP) is 2.53. The lowest BCUT2D eigenvalue weighted by Gasteiger charge is -2.21. The number of hydrogen-bond acceptors (Lipinski definition) is 6. The third-order valence-corrected chi connectivity index (χ3v) is 5.15. The first-order chi connectivity index (χ1) is 14.3. The lowest BCUT2D eigenvalue weighted by atomic mass is 9.97. The topological polar surface area (TPSA) is 79.3 Å². The zero-order valence-electron chi connectivity index (χ0n) is 17.9. The first-order valence-electron chi connectivity index (χ1n) is 9.58. The molecule has 0 saturated heterocycles. The standard InChI is InChI=1S/C23H26N2O5/c1-14-6-8-17(15(2)12-14)20-21(24(3)10-11-26)23(28)25(22(20)27)16-7-9-18(29-4)19(13-16)30-5/h6-9,12-13,26H,10-11H2,1-5H3. The van der Waals surface area contributed by atoms with Gasteiger partial charge in [-0.3, -0.25) is 9.59 Å². The summed E-state index contributed by atoms with van der Waals surface area (Å²) in [6.07, 6.45) is 0. The molecular formula is C23H26N2O5. The highest BCUT2D eigenvalue weighted by molar-refractivity contribution is 6.45. The molecule has 0 spiro atoms. The Kier molecular flexibility index (Phi) is 6.12. The second-order valence-corrected chi connectivity index (χ2v) is 7.17. The molecule has 0 fully saturated rings. The van der Waals surface area contributed by atoms with E-state index in [2.05, 4.69) is 0 Å². The van der Waals surface area contributed by atoms with Crippen LogP contribution in [0.1, 0.15) is 16.7 Å². The van der Waals surface area contributed by atoms with Crippen LogP contribution < -0.4 is 14.4 Å². The summed E-state index contributed by atoms with van der Waals surface area (Å²) < 4.78 is 10.6. The van der Waals surface area contributed by atoms with E-state index in [4.69, 9.17) is 9.47 Å². The van der Waals surface area contributed by atoms with Crippen molar-refractivity contribution in [1.29, 1.82) is 0 Å². The van der Waals surface area contributed by atoms with E-state index >= 15 is 0 Å². The molecule has 1 aliphatic rings. The van der Waals surface area contributed by atoms with Gasteiger partial charge < -0.3 is 19.5 Å². The van der Waals surface area contributed by atoms with E-state index in [9.17, 15) is 14.7 Å². The maximum atomic E-state index is 13.5. The molecule has 7 heteroatoms. The predicted molar refractivity (Wildman–Crippen MR) is 115 cm³/mol. The SMILES string of the molecule is COc1ccc(N2C(=O)C(c3ccc(C)cc3C)=C(N(C)CCO)C2=O)cc1OC. The van der Waals surface area contributed by atoms with Crippen LogP contribution in [-0.2, 0) is 9.59 Å². The number of aliphatic hydroxyl groups excluding tert-OH is 1. The van der Waals surface area contributed by atoms with E-state index in [1.807, 2.05) is 32.0 Å². The normalized spacial score (nSPS) is 13.9. The first kappa shape index (κ1) is 21.4. The zero-order valence-corrected chi connectivity index (χ0v) is 17.9. The first-order valence-corrected chi connectivity index (χ1v) is 9.58. The van der Waals surface area contributed by atoms with E-state index in [0.29, 0.717) is 28.3 Å². The van der Waals surface area contributed by atoms with Crippen LogP contribution in [0, 0.1) is 13.8 Å². The van der Waals surface area contributed by atoms with Gasteiger partial charge in [-0.05, 0) is 37.1 Å². The number of aryl methyl sites for hydroxylation is 2. The molecule has 2 amide bonds. The molecule has 0 atom stereocenters. The maximum Gasteiger partial charge on any atom is 0.282 e. The summed E-state index contributed by atoms with van der Waals surface area (Å²) in [4.78, 5) is 29.7. The lowest BCUT2D eigenvalue weighted by molar-refractivity contribution is -0.120. The van der Waals surface area contributed by atoms with Crippen LogP contribution >= 0.6 is 0 Å². The van der Waals surface area contributed by atoms with E-state index in [1.54, 1.807) is 30.1 Å². The number of amides is 2. The second-order valence-electron chi connectivity index (χ2n) is 7.17. The number of rotatable bonds is 7. The molecule has 3 rings (SSSR count). The highest BCUT2D eigenvalue weighted by atomic mass is 16.5. The van der Waals surface area contributed by atoms with Crippen molar-refractivity contribution >= 4 is 23.1 Å². The van der Waals surface area contributed by atoms with Gasteiger partial charge in [0.15, 0.2) is 11.5 Å². The molecule has 2 aromatic carbocycles. The van der Waals surface area contributed by atoms with Crippen LogP contribution in [-0.4, -0.2) is 56.2 Å². The van der Waals surface area contributed by atoms with E-state index < -0.39 is 11.8 Å². The minimum atomic E-state index is -0.446. The summed E-state index contributed by atoms with van der Waals surface area (Å²) in [6, 6.07) is 10.6. The van der Waals surface area contributed by atoms with Crippen molar-refractivity contribution in [3.05, 3.63) is 58.8 Å². The number of imide groups is 1. The van der Waals surface area contributed by atoms with Crippen molar-refractivity contribution in [3.8, 4) is 11.5 Å². The number of hydrogen-bond donors (Lipinski definition) is 1. The smallest absolute Gasteiger partial charge is 0.282 e. The highest BCUT2D eigenvalue weighted by Gasteiger charge is 2.42. The van der Waals surface area contributed by atoms with Crippen molar-refractivity contribution in [3.63, 3.8) is 0 Å². The van der Waals surface area contributed by atoms with Crippen LogP contribution in [0.4, 0.5) is 5.69 Å². The van der Waals surface area contributed by atoms with Crippen molar-refractivity contribution in [2.45, 2.75) is 13.8 Å². The van der Waals surface area contributed by atoms with Gasteiger partial charge in [-0.25, -0.2) is 4.90 Å². The van der Waals surface area contributed by atoms with Crippen LogP contribution in [0.25, 0.3) is 5.57 Å². The number of nitrogens with zero attached hydrogens (tertiary/aromatic N) is 2. The molecule has 0 aliphatic carbocycles. The molecule has 0 saturated carbocycles. The molecule has 0 unspecified atom stereocenters. The summed E-state index contributed by atoms with van der Waals surface area (Å²) in [5.41, 5.74) is 3.63. The average Bonchev–Trinajstić information content (AvgIpc) is 2.98.